The molecular formula is C15H15F5O. The fourth-order valence-electron chi connectivity index (χ4n) is 6.41. The number of allylic oxidation sites excluding steroid dienone is 2. The highest BCUT2D eigenvalue weighted by Crippen LogP contribution is 2.91. The SMILES string of the molecule is CCOC1=C(F)[C@]2(F)[C@@]1(F)[C@@]1(F)[C@H]3[C@@H]4CC[C@@H](C4)[C@H]3[C@@]21F. The number of alkyl halides is 4. The second kappa shape index (κ2) is 2.98. The summed E-state index contributed by atoms with van der Waals surface area (Å²) >= 11 is 0. The Balaban J connectivity index is 1.68. The van der Waals surface area contributed by atoms with Crippen LogP contribution >= 0.6 is 0 Å². The molecule has 5 rings (SSSR count). The highest BCUT2D eigenvalue weighted by Gasteiger charge is 3.11. The van der Waals surface area contributed by atoms with Gasteiger partial charge in [-0.1, -0.05) is 0 Å². The van der Waals surface area contributed by atoms with Gasteiger partial charge in [-0.3, -0.25) is 0 Å². The largest absolute Gasteiger partial charge is 0.492 e. The molecule has 0 N–H and O–H groups in total. The quantitative estimate of drug-likeness (QED) is 0.706. The second-order valence-corrected chi connectivity index (χ2v) is 7.20. The highest BCUT2D eigenvalue weighted by molar-refractivity contribution is 5.67. The van der Waals surface area contributed by atoms with Crippen LogP contribution in [0.25, 0.3) is 0 Å². The third kappa shape index (κ3) is 0.746. The van der Waals surface area contributed by atoms with Crippen LogP contribution in [-0.4, -0.2) is 29.3 Å². The number of fused-ring (bicyclic) bond motifs is 11. The van der Waals surface area contributed by atoms with Crippen molar-refractivity contribution >= 4 is 0 Å². The van der Waals surface area contributed by atoms with E-state index in [0.29, 0.717) is 12.8 Å². The number of rotatable bonds is 2. The lowest BCUT2D eigenvalue weighted by Gasteiger charge is -2.81. The number of halogens is 5. The molecule has 0 spiro atoms. The second-order valence-electron chi connectivity index (χ2n) is 7.20. The van der Waals surface area contributed by atoms with Gasteiger partial charge in [0.15, 0.2) is 22.9 Å². The molecule has 2 bridgehead atoms. The van der Waals surface area contributed by atoms with Gasteiger partial charge in [-0.25, -0.2) is 22.0 Å². The third-order valence-electron chi connectivity index (χ3n) is 6.95. The Morgan fingerprint density at radius 2 is 1.52 bits per heavy atom. The summed E-state index contributed by atoms with van der Waals surface area (Å²) in [5.41, 5.74) is -12.8. The summed E-state index contributed by atoms with van der Waals surface area (Å²) in [7, 11) is 0. The van der Waals surface area contributed by atoms with Crippen LogP contribution in [-0.2, 0) is 4.74 Å². The summed E-state index contributed by atoms with van der Waals surface area (Å²) in [5.74, 6) is -4.51. The van der Waals surface area contributed by atoms with E-state index in [2.05, 4.69) is 0 Å². The van der Waals surface area contributed by atoms with Crippen molar-refractivity contribution in [2.24, 2.45) is 23.7 Å². The first kappa shape index (κ1) is 12.7. The van der Waals surface area contributed by atoms with E-state index in [0.717, 1.165) is 6.42 Å². The van der Waals surface area contributed by atoms with E-state index in [1.807, 2.05) is 0 Å². The minimum Gasteiger partial charge on any atom is -0.492 e. The topological polar surface area (TPSA) is 9.23 Å². The lowest BCUT2D eigenvalue weighted by Crippen LogP contribution is -3.03. The Morgan fingerprint density at radius 1 is 1.00 bits per heavy atom. The van der Waals surface area contributed by atoms with Gasteiger partial charge in [0.2, 0.25) is 5.67 Å². The Bertz CT molecular complexity index is 607. The molecule has 8 atom stereocenters. The molecule has 0 aromatic rings. The van der Waals surface area contributed by atoms with Gasteiger partial charge in [0, 0.05) is 11.8 Å². The molecule has 4 saturated carbocycles. The van der Waals surface area contributed by atoms with E-state index >= 15 is 13.2 Å². The molecule has 0 radical (unpaired) electrons. The van der Waals surface area contributed by atoms with E-state index in [-0.39, 0.29) is 18.4 Å². The van der Waals surface area contributed by atoms with Crippen molar-refractivity contribution in [3.8, 4) is 0 Å². The predicted octanol–water partition coefficient (Wildman–Crippen LogP) is 3.74. The molecule has 1 nitrogen and oxygen atoms in total. The van der Waals surface area contributed by atoms with Gasteiger partial charge < -0.3 is 4.74 Å². The number of ether oxygens (including phenoxy) is 1. The molecule has 0 heterocycles. The van der Waals surface area contributed by atoms with Crippen LogP contribution < -0.4 is 0 Å². The van der Waals surface area contributed by atoms with Crippen LogP contribution in [0.2, 0.25) is 0 Å². The fraction of sp³-hybridized carbons (Fsp3) is 0.867. The maximum Gasteiger partial charge on any atom is 0.250 e. The molecule has 4 fully saturated rings. The van der Waals surface area contributed by atoms with Gasteiger partial charge in [0.25, 0.3) is 5.67 Å². The minimum atomic E-state index is -3.48. The van der Waals surface area contributed by atoms with E-state index in [1.165, 1.54) is 6.92 Å². The first-order valence-electron chi connectivity index (χ1n) is 7.61. The summed E-state index contributed by atoms with van der Waals surface area (Å²) in [6, 6.07) is 0. The summed E-state index contributed by atoms with van der Waals surface area (Å²) in [6.07, 6.45) is 2.02. The first-order chi connectivity index (χ1) is 9.81. The standard InChI is InChI=1S/C15H15F5O/c1-2-21-11-10(16)14(19)12(17)8-6-3-4-7(5-6)9(8)13(12,18)15(11,14)20/h6-9H,2-5H2,1H3/t6-,7+,8+,9-,12-,13+,14+,15-/m0/s1. The van der Waals surface area contributed by atoms with Crippen LogP contribution in [0.3, 0.4) is 0 Å². The van der Waals surface area contributed by atoms with E-state index in [9.17, 15) is 8.78 Å². The number of hydrogen-bond donors (Lipinski definition) is 0. The zero-order chi connectivity index (χ0) is 15.0. The van der Waals surface area contributed by atoms with Gasteiger partial charge in [-0.15, -0.1) is 0 Å². The Morgan fingerprint density at radius 3 is 2.05 bits per heavy atom. The molecular weight excluding hydrogens is 291 g/mol. The van der Waals surface area contributed by atoms with Gasteiger partial charge in [0.1, 0.15) is 0 Å². The van der Waals surface area contributed by atoms with Gasteiger partial charge in [-0.05, 0) is 38.0 Å². The Hall–Kier alpha value is -0.810. The van der Waals surface area contributed by atoms with Crippen molar-refractivity contribution in [3.63, 3.8) is 0 Å². The normalized spacial score (nSPS) is 65.8. The molecule has 5 aliphatic carbocycles. The molecule has 6 heteroatoms. The Labute approximate surface area is 118 Å². The Kier molecular flexibility index (Phi) is 1.80. The maximum absolute atomic E-state index is 15.3. The average molecular weight is 306 g/mol. The van der Waals surface area contributed by atoms with Gasteiger partial charge >= 0.3 is 0 Å². The van der Waals surface area contributed by atoms with Gasteiger partial charge in [-0.2, -0.15) is 0 Å². The van der Waals surface area contributed by atoms with Crippen molar-refractivity contribution in [2.45, 2.75) is 48.9 Å². The van der Waals surface area contributed by atoms with Crippen LogP contribution in [0.1, 0.15) is 26.2 Å². The molecule has 0 unspecified atom stereocenters. The third-order valence-corrected chi connectivity index (χ3v) is 6.95. The van der Waals surface area contributed by atoms with Crippen molar-refractivity contribution in [1.29, 1.82) is 0 Å². The maximum atomic E-state index is 15.3. The lowest BCUT2D eigenvalue weighted by molar-refractivity contribution is -0.455. The van der Waals surface area contributed by atoms with Crippen molar-refractivity contribution < 1.29 is 26.7 Å². The van der Waals surface area contributed by atoms with Crippen LogP contribution in [0, 0.1) is 23.7 Å². The summed E-state index contributed by atoms with van der Waals surface area (Å²) < 4.78 is 79.1. The molecule has 21 heavy (non-hydrogen) atoms. The van der Waals surface area contributed by atoms with Crippen LogP contribution in [0.5, 0.6) is 0 Å². The lowest BCUT2D eigenvalue weighted by atomic mass is 9.26. The zero-order valence-corrected chi connectivity index (χ0v) is 11.4. The molecule has 116 valence electrons. The monoisotopic (exact) mass is 306 g/mol. The summed E-state index contributed by atoms with van der Waals surface area (Å²) in [6.45, 7) is 1.36. The van der Waals surface area contributed by atoms with Crippen LogP contribution in [0.4, 0.5) is 22.0 Å². The number of hydrogen-bond acceptors (Lipinski definition) is 1. The van der Waals surface area contributed by atoms with Crippen LogP contribution in [0.15, 0.2) is 11.6 Å². The summed E-state index contributed by atoms with van der Waals surface area (Å²) in [4.78, 5) is 0. The predicted molar refractivity (Wildman–Crippen MR) is 62.9 cm³/mol. The summed E-state index contributed by atoms with van der Waals surface area (Å²) in [5, 5.41) is 0. The molecule has 0 amide bonds. The molecule has 0 saturated heterocycles. The highest BCUT2D eigenvalue weighted by atomic mass is 19.2. The van der Waals surface area contributed by atoms with E-state index in [1.54, 1.807) is 0 Å². The molecule has 0 aliphatic heterocycles. The average Bonchev–Trinajstić information content (AvgIpc) is 3.07. The van der Waals surface area contributed by atoms with Crippen molar-refractivity contribution in [3.05, 3.63) is 11.6 Å². The van der Waals surface area contributed by atoms with E-state index in [4.69, 9.17) is 4.74 Å². The first-order valence-corrected chi connectivity index (χ1v) is 7.61. The zero-order valence-electron chi connectivity index (χ0n) is 11.4. The van der Waals surface area contributed by atoms with Crippen molar-refractivity contribution in [1.82, 2.24) is 0 Å². The van der Waals surface area contributed by atoms with Gasteiger partial charge in [0.05, 0.1) is 6.61 Å². The fourth-order valence-corrected chi connectivity index (χ4v) is 6.41. The minimum absolute atomic E-state index is 0.111. The van der Waals surface area contributed by atoms with E-state index < -0.39 is 46.1 Å². The van der Waals surface area contributed by atoms with Crippen molar-refractivity contribution in [2.75, 3.05) is 6.61 Å². The molecule has 0 aromatic carbocycles. The molecule has 5 aliphatic rings. The smallest absolute Gasteiger partial charge is 0.250 e. The molecule has 0 aromatic heterocycles.